The molecule has 1 aromatic heterocycles. The molecule has 0 spiro atoms. The van der Waals surface area contributed by atoms with E-state index < -0.39 is 5.91 Å². The summed E-state index contributed by atoms with van der Waals surface area (Å²) in [5, 5.41) is 12.2. The minimum atomic E-state index is -0.413. The van der Waals surface area contributed by atoms with Crippen LogP contribution in [0.4, 0.5) is 5.69 Å². The van der Waals surface area contributed by atoms with Gasteiger partial charge in [-0.15, -0.1) is 0 Å². The van der Waals surface area contributed by atoms with Crippen LogP contribution >= 0.6 is 0 Å². The number of carbonyl (C=O) groups excluding carboxylic acids is 2. The van der Waals surface area contributed by atoms with Crippen LogP contribution in [0.2, 0.25) is 0 Å². The molecule has 0 aliphatic rings. The van der Waals surface area contributed by atoms with E-state index in [0.29, 0.717) is 17.7 Å². The second-order valence-electron chi connectivity index (χ2n) is 3.92. The minimum Gasteiger partial charge on any atom is -0.506 e. The third-order valence-electron chi connectivity index (χ3n) is 2.48. The van der Waals surface area contributed by atoms with E-state index in [2.05, 4.69) is 10.3 Å². The zero-order chi connectivity index (χ0) is 13.1. The van der Waals surface area contributed by atoms with Gasteiger partial charge < -0.3 is 15.4 Å². The Hall–Kier alpha value is -2.56. The maximum Gasteiger partial charge on any atom is 0.272 e. The number of aromatic amines is 1. The molecule has 5 nitrogen and oxygen atoms in total. The Morgan fingerprint density at radius 2 is 2.11 bits per heavy atom. The van der Waals surface area contributed by atoms with E-state index in [9.17, 15) is 14.7 Å². The molecule has 0 saturated heterocycles. The van der Waals surface area contributed by atoms with Gasteiger partial charge >= 0.3 is 0 Å². The van der Waals surface area contributed by atoms with Crippen LogP contribution in [-0.4, -0.2) is 22.3 Å². The first-order valence-electron chi connectivity index (χ1n) is 5.35. The number of phenolic OH excluding ortho intramolecular Hbond substituents is 1. The molecule has 0 fully saturated rings. The molecule has 0 atom stereocenters. The second kappa shape index (κ2) is 4.75. The van der Waals surface area contributed by atoms with Crippen molar-refractivity contribution in [3.05, 3.63) is 47.3 Å². The molecule has 1 aromatic carbocycles. The van der Waals surface area contributed by atoms with Crippen LogP contribution in [0, 0.1) is 6.92 Å². The third-order valence-corrected chi connectivity index (χ3v) is 2.48. The Kier molecular flexibility index (Phi) is 3.14. The molecule has 2 rings (SSSR count). The predicted molar refractivity (Wildman–Crippen MR) is 67.0 cm³/mol. The fraction of sp³-hybridized carbons (Fsp3) is 0.0769. The lowest BCUT2D eigenvalue weighted by Crippen LogP contribution is -2.12. The van der Waals surface area contributed by atoms with Crippen molar-refractivity contribution in [3.8, 4) is 5.75 Å². The van der Waals surface area contributed by atoms with Crippen molar-refractivity contribution in [2.24, 2.45) is 0 Å². The molecule has 18 heavy (non-hydrogen) atoms. The van der Waals surface area contributed by atoms with E-state index in [1.165, 1.54) is 18.2 Å². The maximum absolute atomic E-state index is 11.8. The lowest BCUT2D eigenvalue weighted by Gasteiger charge is -2.07. The van der Waals surface area contributed by atoms with Gasteiger partial charge in [0.15, 0.2) is 6.29 Å². The Morgan fingerprint density at radius 1 is 1.33 bits per heavy atom. The fourth-order valence-electron chi connectivity index (χ4n) is 1.55. The first kappa shape index (κ1) is 11.9. The number of benzene rings is 1. The molecule has 0 unspecified atom stereocenters. The number of aromatic nitrogens is 1. The highest BCUT2D eigenvalue weighted by Gasteiger charge is 2.10. The van der Waals surface area contributed by atoms with Crippen molar-refractivity contribution in [1.82, 2.24) is 4.98 Å². The lowest BCUT2D eigenvalue weighted by atomic mass is 10.2. The van der Waals surface area contributed by atoms with Crippen molar-refractivity contribution in [2.75, 3.05) is 5.32 Å². The number of hydrogen-bond acceptors (Lipinski definition) is 3. The number of aldehydes is 1. The summed E-state index contributed by atoms with van der Waals surface area (Å²) in [4.78, 5) is 25.0. The summed E-state index contributed by atoms with van der Waals surface area (Å²) < 4.78 is 0. The van der Waals surface area contributed by atoms with E-state index >= 15 is 0 Å². The van der Waals surface area contributed by atoms with Crippen molar-refractivity contribution < 1.29 is 14.7 Å². The monoisotopic (exact) mass is 244 g/mol. The van der Waals surface area contributed by atoms with E-state index in [-0.39, 0.29) is 11.4 Å². The molecule has 1 amide bonds. The lowest BCUT2D eigenvalue weighted by molar-refractivity contribution is 0.102. The van der Waals surface area contributed by atoms with Crippen LogP contribution in [0.3, 0.4) is 0 Å². The summed E-state index contributed by atoms with van der Waals surface area (Å²) in [5.41, 5.74) is 1.84. The zero-order valence-corrected chi connectivity index (χ0v) is 9.73. The van der Waals surface area contributed by atoms with Gasteiger partial charge in [0.2, 0.25) is 0 Å². The SMILES string of the molecule is Cc1ccc(O)c(NC(=O)c2ccc(C=O)[nH]2)c1. The second-order valence-corrected chi connectivity index (χ2v) is 3.92. The number of carbonyl (C=O) groups is 2. The maximum atomic E-state index is 11.8. The van der Waals surface area contributed by atoms with Gasteiger partial charge in [0.1, 0.15) is 11.4 Å². The largest absolute Gasteiger partial charge is 0.506 e. The number of nitrogens with one attached hydrogen (secondary N) is 2. The zero-order valence-electron chi connectivity index (χ0n) is 9.73. The Morgan fingerprint density at radius 3 is 2.78 bits per heavy atom. The van der Waals surface area contributed by atoms with Crippen LogP contribution in [-0.2, 0) is 0 Å². The molecule has 1 heterocycles. The molecular weight excluding hydrogens is 232 g/mol. The molecule has 5 heteroatoms. The number of H-pyrrole nitrogens is 1. The summed E-state index contributed by atoms with van der Waals surface area (Å²) in [7, 11) is 0. The number of amides is 1. The van der Waals surface area contributed by atoms with Gasteiger partial charge in [0, 0.05) is 0 Å². The standard InChI is InChI=1S/C13H12N2O3/c1-8-2-5-12(17)11(6-8)15-13(18)10-4-3-9(7-16)14-10/h2-7,14,17H,1H3,(H,15,18). The molecule has 2 aromatic rings. The van der Waals surface area contributed by atoms with E-state index in [4.69, 9.17) is 0 Å². The predicted octanol–water partition coefficient (Wildman–Crippen LogP) is 2.09. The van der Waals surface area contributed by atoms with Crippen LogP contribution in [0.25, 0.3) is 0 Å². The molecule has 92 valence electrons. The topological polar surface area (TPSA) is 82.2 Å². The highest BCUT2D eigenvalue weighted by atomic mass is 16.3. The molecular formula is C13H12N2O3. The Bertz CT molecular complexity index is 602. The molecule has 0 saturated carbocycles. The van der Waals surface area contributed by atoms with Gasteiger partial charge in [-0.3, -0.25) is 9.59 Å². The average molecular weight is 244 g/mol. The summed E-state index contributed by atoms with van der Waals surface area (Å²) in [6, 6.07) is 7.93. The summed E-state index contributed by atoms with van der Waals surface area (Å²) in [6.07, 6.45) is 0.626. The van der Waals surface area contributed by atoms with Crippen molar-refractivity contribution in [3.63, 3.8) is 0 Å². The van der Waals surface area contributed by atoms with Crippen LogP contribution in [0.1, 0.15) is 26.5 Å². The molecule has 3 N–H and O–H groups in total. The van der Waals surface area contributed by atoms with Gasteiger partial charge in [-0.2, -0.15) is 0 Å². The normalized spacial score (nSPS) is 10.1. The fourth-order valence-corrected chi connectivity index (χ4v) is 1.55. The molecule has 0 aliphatic heterocycles. The first-order valence-corrected chi connectivity index (χ1v) is 5.35. The molecule has 0 radical (unpaired) electrons. The van der Waals surface area contributed by atoms with Crippen molar-refractivity contribution in [2.45, 2.75) is 6.92 Å². The van der Waals surface area contributed by atoms with Gasteiger partial charge in [0.25, 0.3) is 5.91 Å². The highest BCUT2D eigenvalue weighted by molar-refractivity contribution is 6.04. The Balaban J connectivity index is 2.20. The number of anilines is 1. The van der Waals surface area contributed by atoms with Crippen molar-refractivity contribution >= 4 is 17.9 Å². The van der Waals surface area contributed by atoms with Crippen LogP contribution < -0.4 is 5.32 Å². The Labute approximate surface area is 103 Å². The van der Waals surface area contributed by atoms with Crippen LogP contribution in [0.5, 0.6) is 5.75 Å². The number of aromatic hydroxyl groups is 1. The number of phenols is 1. The number of rotatable bonds is 3. The minimum absolute atomic E-state index is 0.00360. The van der Waals surface area contributed by atoms with Gasteiger partial charge in [0.05, 0.1) is 11.4 Å². The summed E-state index contributed by atoms with van der Waals surface area (Å²) >= 11 is 0. The molecule has 0 bridgehead atoms. The summed E-state index contributed by atoms with van der Waals surface area (Å²) in [6.45, 7) is 1.86. The van der Waals surface area contributed by atoms with Crippen LogP contribution in [0.15, 0.2) is 30.3 Å². The van der Waals surface area contributed by atoms with Gasteiger partial charge in [-0.05, 0) is 36.8 Å². The number of hydrogen-bond donors (Lipinski definition) is 3. The van der Waals surface area contributed by atoms with Gasteiger partial charge in [-0.25, -0.2) is 0 Å². The molecule has 0 aliphatic carbocycles. The number of aryl methyl sites for hydroxylation is 1. The average Bonchev–Trinajstić information content (AvgIpc) is 2.82. The quantitative estimate of drug-likeness (QED) is 0.571. The van der Waals surface area contributed by atoms with E-state index in [1.807, 2.05) is 6.92 Å². The van der Waals surface area contributed by atoms with E-state index in [0.717, 1.165) is 5.56 Å². The van der Waals surface area contributed by atoms with E-state index in [1.54, 1.807) is 12.1 Å². The van der Waals surface area contributed by atoms with Gasteiger partial charge in [-0.1, -0.05) is 6.07 Å². The highest BCUT2D eigenvalue weighted by Crippen LogP contribution is 2.24. The van der Waals surface area contributed by atoms with Crippen molar-refractivity contribution in [1.29, 1.82) is 0 Å². The summed E-state index contributed by atoms with van der Waals surface area (Å²) in [5.74, 6) is -0.417. The smallest absolute Gasteiger partial charge is 0.272 e. The third kappa shape index (κ3) is 2.40. The first-order chi connectivity index (χ1) is 8.60.